The maximum Gasteiger partial charge on any atom is 0.341 e. The Morgan fingerprint density at radius 1 is 1.18 bits per heavy atom. The molecule has 1 aliphatic rings. The van der Waals surface area contributed by atoms with Crippen LogP contribution in [-0.4, -0.2) is 21.6 Å². The molecular formula is C21H17FN2O4. The molecule has 2 aromatic carbocycles. The van der Waals surface area contributed by atoms with Crippen LogP contribution in [-0.2, 0) is 4.79 Å². The third-order valence-corrected chi connectivity index (χ3v) is 4.81. The minimum atomic E-state index is -1.32. The molecule has 1 heterocycles. The van der Waals surface area contributed by atoms with Crippen molar-refractivity contribution in [2.75, 3.05) is 5.32 Å². The number of halogens is 1. The summed E-state index contributed by atoms with van der Waals surface area (Å²) in [7, 11) is 0. The third-order valence-electron chi connectivity index (χ3n) is 4.81. The molecule has 0 bridgehead atoms. The Balaban J connectivity index is 1.89. The number of rotatable bonds is 4. The van der Waals surface area contributed by atoms with Gasteiger partial charge in [0.2, 0.25) is 11.3 Å². The lowest BCUT2D eigenvalue weighted by Gasteiger charge is -2.14. The van der Waals surface area contributed by atoms with Gasteiger partial charge in [0.05, 0.1) is 5.52 Å². The smallest absolute Gasteiger partial charge is 0.341 e. The summed E-state index contributed by atoms with van der Waals surface area (Å²) in [5.74, 6) is -2.13. The summed E-state index contributed by atoms with van der Waals surface area (Å²) in [6.45, 7) is 1.40. The van der Waals surface area contributed by atoms with Crippen LogP contribution in [0.1, 0.15) is 36.2 Å². The van der Waals surface area contributed by atoms with Crippen molar-refractivity contribution in [1.29, 1.82) is 0 Å². The molecule has 142 valence electrons. The second-order valence-corrected chi connectivity index (χ2v) is 6.92. The Morgan fingerprint density at radius 2 is 1.86 bits per heavy atom. The molecule has 0 aliphatic heterocycles. The molecule has 7 heteroatoms. The quantitative estimate of drug-likeness (QED) is 0.721. The Labute approximate surface area is 159 Å². The molecule has 1 amide bonds. The molecule has 0 saturated heterocycles. The average Bonchev–Trinajstić information content (AvgIpc) is 3.47. The molecule has 1 saturated carbocycles. The molecule has 0 radical (unpaired) electrons. The van der Waals surface area contributed by atoms with Crippen LogP contribution in [0.25, 0.3) is 22.0 Å². The average molecular weight is 380 g/mol. The first-order valence-corrected chi connectivity index (χ1v) is 8.85. The number of benzene rings is 2. The van der Waals surface area contributed by atoms with E-state index in [9.17, 15) is 23.9 Å². The number of hydrogen-bond acceptors (Lipinski definition) is 3. The standard InChI is InChI=1S/C21H17FN2O4/c1-11(25)23-13-4-2-12(3-5-13)15-9-19-16(8-18(15)22)20(26)17(21(27)28)10-24(19)14-6-7-14/h2-5,8-10,14H,6-7H2,1H3,(H,23,25)(H,27,28). The van der Waals surface area contributed by atoms with E-state index in [4.69, 9.17) is 0 Å². The van der Waals surface area contributed by atoms with Gasteiger partial charge in [-0.15, -0.1) is 0 Å². The van der Waals surface area contributed by atoms with Gasteiger partial charge in [-0.1, -0.05) is 12.1 Å². The number of carboxylic acids is 1. The Morgan fingerprint density at radius 3 is 2.43 bits per heavy atom. The fraction of sp³-hybridized carbons (Fsp3) is 0.190. The van der Waals surface area contributed by atoms with E-state index in [1.165, 1.54) is 13.1 Å². The summed E-state index contributed by atoms with van der Waals surface area (Å²) >= 11 is 0. The molecule has 6 nitrogen and oxygen atoms in total. The molecule has 2 N–H and O–H groups in total. The fourth-order valence-electron chi connectivity index (χ4n) is 3.33. The van der Waals surface area contributed by atoms with Crippen LogP contribution in [0.2, 0.25) is 0 Å². The SMILES string of the molecule is CC(=O)Nc1ccc(-c2cc3c(cc2F)c(=O)c(C(=O)O)cn3C2CC2)cc1. The summed E-state index contributed by atoms with van der Waals surface area (Å²) in [6, 6.07) is 9.51. The van der Waals surface area contributed by atoms with Crippen molar-refractivity contribution in [3.8, 4) is 11.1 Å². The van der Waals surface area contributed by atoms with Gasteiger partial charge >= 0.3 is 5.97 Å². The van der Waals surface area contributed by atoms with Crippen molar-refractivity contribution in [1.82, 2.24) is 4.57 Å². The van der Waals surface area contributed by atoms with Crippen LogP contribution in [0.3, 0.4) is 0 Å². The van der Waals surface area contributed by atoms with Crippen LogP contribution >= 0.6 is 0 Å². The maximum absolute atomic E-state index is 14.8. The highest BCUT2D eigenvalue weighted by Crippen LogP contribution is 2.38. The van der Waals surface area contributed by atoms with Crippen LogP contribution in [0.5, 0.6) is 0 Å². The number of nitrogens with one attached hydrogen (secondary N) is 1. The molecule has 4 rings (SSSR count). The van der Waals surface area contributed by atoms with E-state index in [0.29, 0.717) is 22.3 Å². The lowest BCUT2D eigenvalue weighted by atomic mass is 10.0. The van der Waals surface area contributed by atoms with Crippen LogP contribution < -0.4 is 10.7 Å². The number of carboxylic acid groups (broad SMARTS) is 1. The maximum atomic E-state index is 14.8. The van der Waals surface area contributed by atoms with Gasteiger partial charge in [0.15, 0.2) is 0 Å². The molecule has 1 aliphatic carbocycles. The molecule has 0 spiro atoms. The summed E-state index contributed by atoms with van der Waals surface area (Å²) in [5, 5.41) is 12.0. The first kappa shape index (κ1) is 17.9. The molecule has 0 atom stereocenters. The predicted molar refractivity (Wildman–Crippen MR) is 103 cm³/mol. The topological polar surface area (TPSA) is 88.4 Å². The Kier molecular flexibility index (Phi) is 4.22. The zero-order valence-electron chi connectivity index (χ0n) is 15.0. The van der Waals surface area contributed by atoms with Gasteiger partial charge in [0.1, 0.15) is 11.4 Å². The highest BCUT2D eigenvalue weighted by molar-refractivity contribution is 5.94. The van der Waals surface area contributed by atoms with Crippen molar-refractivity contribution in [3.05, 3.63) is 64.2 Å². The second kappa shape index (κ2) is 6.60. The van der Waals surface area contributed by atoms with E-state index in [2.05, 4.69) is 5.32 Å². The first-order chi connectivity index (χ1) is 13.3. The first-order valence-electron chi connectivity index (χ1n) is 8.85. The molecule has 3 aromatic rings. The van der Waals surface area contributed by atoms with Crippen LogP contribution in [0.4, 0.5) is 10.1 Å². The van der Waals surface area contributed by atoms with E-state index in [1.807, 2.05) is 0 Å². The molecule has 28 heavy (non-hydrogen) atoms. The molecule has 0 unspecified atom stereocenters. The third kappa shape index (κ3) is 3.15. The van der Waals surface area contributed by atoms with Gasteiger partial charge in [-0.3, -0.25) is 9.59 Å². The number of nitrogens with zero attached hydrogens (tertiary/aromatic N) is 1. The fourth-order valence-corrected chi connectivity index (χ4v) is 3.33. The van der Waals surface area contributed by atoms with E-state index in [1.54, 1.807) is 34.9 Å². The zero-order chi connectivity index (χ0) is 20.0. The van der Waals surface area contributed by atoms with Crippen molar-refractivity contribution >= 4 is 28.5 Å². The summed E-state index contributed by atoms with van der Waals surface area (Å²) < 4.78 is 16.6. The number of carbonyl (C=O) groups is 2. The lowest BCUT2D eigenvalue weighted by molar-refractivity contribution is -0.114. The van der Waals surface area contributed by atoms with E-state index < -0.39 is 17.2 Å². The lowest BCUT2D eigenvalue weighted by Crippen LogP contribution is -2.19. The van der Waals surface area contributed by atoms with Crippen molar-refractivity contribution in [3.63, 3.8) is 0 Å². The summed E-state index contributed by atoms with van der Waals surface area (Å²) in [4.78, 5) is 35.1. The minimum absolute atomic E-state index is 0.0583. The zero-order valence-corrected chi connectivity index (χ0v) is 15.0. The normalized spacial score (nSPS) is 13.5. The van der Waals surface area contributed by atoms with Crippen LogP contribution in [0.15, 0.2) is 47.4 Å². The van der Waals surface area contributed by atoms with Gasteiger partial charge in [-0.2, -0.15) is 0 Å². The van der Waals surface area contributed by atoms with Crippen LogP contribution in [0, 0.1) is 5.82 Å². The van der Waals surface area contributed by atoms with Crippen molar-refractivity contribution in [2.45, 2.75) is 25.8 Å². The van der Waals surface area contributed by atoms with E-state index >= 15 is 0 Å². The molecule has 1 fully saturated rings. The number of hydrogen-bond donors (Lipinski definition) is 2. The monoisotopic (exact) mass is 380 g/mol. The number of carbonyl (C=O) groups excluding carboxylic acids is 1. The number of fused-ring (bicyclic) bond motifs is 1. The van der Waals surface area contributed by atoms with Crippen molar-refractivity contribution < 1.29 is 19.1 Å². The number of aromatic nitrogens is 1. The summed E-state index contributed by atoms with van der Waals surface area (Å²) in [6.07, 6.45) is 3.12. The minimum Gasteiger partial charge on any atom is -0.477 e. The largest absolute Gasteiger partial charge is 0.477 e. The van der Waals surface area contributed by atoms with Gasteiger partial charge in [-0.25, -0.2) is 9.18 Å². The second-order valence-electron chi connectivity index (χ2n) is 6.92. The Hall–Kier alpha value is -3.48. The predicted octanol–water partition coefficient (Wildman–Crippen LogP) is 3.80. The molecular weight excluding hydrogens is 363 g/mol. The molecule has 1 aromatic heterocycles. The Bertz CT molecular complexity index is 1180. The number of anilines is 1. The van der Waals surface area contributed by atoms with E-state index in [0.717, 1.165) is 18.9 Å². The van der Waals surface area contributed by atoms with Gasteiger partial charge in [0, 0.05) is 35.8 Å². The van der Waals surface area contributed by atoms with Gasteiger partial charge in [-0.05, 0) is 42.7 Å². The number of amides is 1. The van der Waals surface area contributed by atoms with E-state index in [-0.39, 0.29) is 22.9 Å². The highest BCUT2D eigenvalue weighted by atomic mass is 19.1. The highest BCUT2D eigenvalue weighted by Gasteiger charge is 2.27. The van der Waals surface area contributed by atoms with Crippen molar-refractivity contribution in [2.24, 2.45) is 0 Å². The number of pyridine rings is 1. The number of aromatic carboxylic acids is 1. The van der Waals surface area contributed by atoms with Gasteiger partial charge < -0.3 is 15.0 Å². The summed E-state index contributed by atoms with van der Waals surface area (Å²) in [5.41, 5.74) is 0.958. The van der Waals surface area contributed by atoms with Gasteiger partial charge in [0.25, 0.3) is 0 Å².